The lowest BCUT2D eigenvalue weighted by molar-refractivity contribution is 0.765. The first-order valence-electron chi connectivity index (χ1n) is 7.61. The largest absolute Gasteiger partial charge is 0.363 e. The Hall–Kier alpha value is -1.79. The summed E-state index contributed by atoms with van der Waals surface area (Å²) in [5, 5.41) is 13.2. The molecule has 0 amide bonds. The Kier molecular flexibility index (Phi) is 4.10. The van der Waals surface area contributed by atoms with Gasteiger partial charge in [0.25, 0.3) is 0 Å². The number of aromatic nitrogens is 4. The molecule has 5 nitrogen and oxygen atoms in total. The highest BCUT2D eigenvalue weighted by atomic mass is 35.5. The van der Waals surface area contributed by atoms with Gasteiger partial charge in [-0.2, -0.15) is 11.8 Å². The molecule has 1 fully saturated rings. The predicted molar refractivity (Wildman–Crippen MR) is 94.0 cm³/mol. The topological polar surface area (TPSA) is 55.1 Å². The van der Waals surface area contributed by atoms with E-state index in [0.717, 1.165) is 27.9 Å². The van der Waals surface area contributed by atoms with Crippen LogP contribution in [0.1, 0.15) is 29.5 Å². The van der Waals surface area contributed by atoms with Gasteiger partial charge >= 0.3 is 0 Å². The van der Waals surface area contributed by atoms with Crippen LogP contribution in [0.3, 0.4) is 0 Å². The van der Waals surface area contributed by atoms with Crippen LogP contribution >= 0.6 is 23.4 Å². The van der Waals surface area contributed by atoms with Crippen molar-refractivity contribution in [1.29, 1.82) is 0 Å². The van der Waals surface area contributed by atoms with Gasteiger partial charge in [-0.3, -0.25) is 4.40 Å². The van der Waals surface area contributed by atoms with Gasteiger partial charge in [-0.15, -0.1) is 10.2 Å². The van der Waals surface area contributed by atoms with Crippen LogP contribution in [0.2, 0.25) is 5.02 Å². The molecule has 3 aromatic rings. The van der Waals surface area contributed by atoms with Crippen molar-refractivity contribution in [2.75, 3.05) is 11.1 Å². The van der Waals surface area contributed by atoms with Crippen molar-refractivity contribution in [2.24, 2.45) is 0 Å². The molecule has 1 saturated heterocycles. The summed E-state index contributed by atoms with van der Waals surface area (Å²) in [6.45, 7) is 0.646. The number of nitrogens with one attached hydrogen (secondary N) is 1. The van der Waals surface area contributed by atoms with Crippen LogP contribution in [0.25, 0.3) is 5.65 Å². The van der Waals surface area contributed by atoms with Crippen molar-refractivity contribution in [3.05, 3.63) is 53.1 Å². The van der Waals surface area contributed by atoms with E-state index in [4.69, 9.17) is 11.6 Å². The highest BCUT2D eigenvalue weighted by molar-refractivity contribution is 7.99. The number of hydrogen-bond donors (Lipinski definition) is 1. The summed E-state index contributed by atoms with van der Waals surface area (Å²) in [5.41, 5.74) is 1.88. The Bertz CT molecular complexity index is 828. The zero-order valence-electron chi connectivity index (χ0n) is 12.4. The summed E-state index contributed by atoms with van der Waals surface area (Å²) in [5.74, 6) is 2.97. The lowest BCUT2D eigenvalue weighted by Crippen LogP contribution is -2.05. The number of anilines is 1. The quantitative estimate of drug-likeness (QED) is 0.775. The summed E-state index contributed by atoms with van der Waals surface area (Å²) in [7, 11) is 0. The van der Waals surface area contributed by atoms with E-state index in [9.17, 15) is 0 Å². The molecule has 118 valence electrons. The Morgan fingerprint density at radius 2 is 2.30 bits per heavy atom. The molecule has 0 saturated carbocycles. The van der Waals surface area contributed by atoms with Crippen LogP contribution in [0.4, 0.5) is 5.82 Å². The molecule has 0 radical (unpaired) electrons. The van der Waals surface area contributed by atoms with Gasteiger partial charge in [-0.05, 0) is 36.3 Å². The molecule has 1 aliphatic heterocycles. The SMILES string of the molecule is Clc1cccc(CNc2nccn3c([C@@H]4CCCS4)nnc23)c1. The van der Waals surface area contributed by atoms with Gasteiger partial charge in [0, 0.05) is 24.0 Å². The number of halogens is 1. The second-order valence-corrected chi connectivity index (χ2v) is 7.26. The number of rotatable bonds is 4. The number of fused-ring (bicyclic) bond motifs is 1. The van der Waals surface area contributed by atoms with Crippen molar-refractivity contribution in [2.45, 2.75) is 24.6 Å². The van der Waals surface area contributed by atoms with Crippen molar-refractivity contribution in [1.82, 2.24) is 19.6 Å². The van der Waals surface area contributed by atoms with Crippen LogP contribution in [0.5, 0.6) is 0 Å². The Morgan fingerprint density at radius 3 is 3.13 bits per heavy atom. The maximum atomic E-state index is 6.03. The lowest BCUT2D eigenvalue weighted by atomic mass is 10.2. The minimum atomic E-state index is 0.438. The second-order valence-electron chi connectivity index (χ2n) is 5.51. The maximum absolute atomic E-state index is 6.03. The molecule has 1 N–H and O–H groups in total. The fourth-order valence-electron chi connectivity index (χ4n) is 2.80. The second kappa shape index (κ2) is 6.37. The van der Waals surface area contributed by atoms with Crippen LogP contribution in [-0.2, 0) is 6.54 Å². The van der Waals surface area contributed by atoms with Gasteiger partial charge in [-0.25, -0.2) is 4.98 Å². The van der Waals surface area contributed by atoms with Crippen LogP contribution in [-0.4, -0.2) is 25.3 Å². The normalized spacial score (nSPS) is 17.7. The van der Waals surface area contributed by atoms with Crippen molar-refractivity contribution in [3.63, 3.8) is 0 Å². The standard InChI is InChI=1S/C16H16ClN5S/c17-12-4-1-3-11(9-12)10-19-14-16-21-20-15(13-5-2-8-23-13)22(16)7-6-18-14/h1,3-4,6-7,9,13H,2,5,8,10H2,(H,18,19)/t13-/m0/s1. The molecular weight excluding hydrogens is 330 g/mol. The molecule has 23 heavy (non-hydrogen) atoms. The molecule has 0 unspecified atom stereocenters. The minimum Gasteiger partial charge on any atom is -0.363 e. The zero-order valence-corrected chi connectivity index (χ0v) is 14.0. The Labute approximate surface area is 143 Å². The molecule has 4 rings (SSSR count). The van der Waals surface area contributed by atoms with Gasteiger partial charge < -0.3 is 5.32 Å². The molecule has 2 aromatic heterocycles. The lowest BCUT2D eigenvalue weighted by Gasteiger charge is -2.09. The van der Waals surface area contributed by atoms with Crippen LogP contribution < -0.4 is 5.32 Å². The van der Waals surface area contributed by atoms with E-state index in [-0.39, 0.29) is 0 Å². The summed E-state index contributed by atoms with van der Waals surface area (Å²) in [4.78, 5) is 4.41. The number of thioether (sulfide) groups is 1. The molecule has 3 heterocycles. The van der Waals surface area contributed by atoms with Gasteiger partial charge in [0.15, 0.2) is 11.6 Å². The highest BCUT2D eigenvalue weighted by Gasteiger charge is 2.23. The number of nitrogens with zero attached hydrogens (tertiary/aromatic N) is 4. The third-order valence-corrected chi connectivity index (χ3v) is 5.53. The first-order valence-corrected chi connectivity index (χ1v) is 9.03. The van der Waals surface area contributed by atoms with Crippen molar-refractivity contribution >= 4 is 34.8 Å². The fourth-order valence-corrected chi connectivity index (χ4v) is 4.28. The van der Waals surface area contributed by atoms with E-state index in [1.54, 1.807) is 6.20 Å². The fraction of sp³-hybridized carbons (Fsp3) is 0.312. The molecule has 7 heteroatoms. The zero-order chi connectivity index (χ0) is 15.6. The first kappa shape index (κ1) is 14.8. The summed E-state index contributed by atoms with van der Waals surface area (Å²) in [6.07, 6.45) is 6.14. The summed E-state index contributed by atoms with van der Waals surface area (Å²) >= 11 is 7.98. The number of hydrogen-bond acceptors (Lipinski definition) is 5. The van der Waals surface area contributed by atoms with Gasteiger partial charge in [0.1, 0.15) is 0 Å². The van der Waals surface area contributed by atoms with Gasteiger partial charge in [0.2, 0.25) is 5.65 Å². The molecular formula is C16H16ClN5S. The van der Waals surface area contributed by atoms with Crippen LogP contribution in [0, 0.1) is 0 Å². The number of benzene rings is 1. The third kappa shape index (κ3) is 3.01. The van der Waals surface area contributed by atoms with E-state index in [1.807, 2.05) is 42.2 Å². The third-order valence-electron chi connectivity index (χ3n) is 3.92. The van der Waals surface area contributed by atoms with E-state index >= 15 is 0 Å². The van der Waals surface area contributed by atoms with Gasteiger partial charge in [-0.1, -0.05) is 23.7 Å². The van der Waals surface area contributed by atoms with Gasteiger partial charge in [0.05, 0.1) is 5.25 Å². The predicted octanol–water partition coefficient (Wildman–Crippen LogP) is 3.96. The van der Waals surface area contributed by atoms with Crippen molar-refractivity contribution in [3.8, 4) is 0 Å². The Morgan fingerprint density at radius 1 is 1.35 bits per heavy atom. The van der Waals surface area contributed by atoms with Crippen LogP contribution in [0.15, 0.2) is 36.7 Å². The maximum Gasteiger partial charge on any atom is 0.203 e. The minimum absolute atomic E-state index is 0.438. The highest BCUT2D eigenvalue weighted by Crippen LogP contribution is 2.39. The molecule has 0 aliphatic carbocycles. The Balaban J connectivity index is 1.60. The molecule has 1 aromatic carbocycles. The van der Waals surface area contributed by atoms with E-state index in [0.29, 0.717) is 11.8 Å². The molecule has 0 bridgehead atoms. The van der Waals surface area contributed by atoms with E-state index in [2.05, 4.69) is 24.9 Å². The van der Waals surface area contributed by atoms with E-state index in [1.165, 1.54) is 18.6 Å². The summed E-state index contributed by atoms with van der Waals surface area (Å²) in [6, 6.07) is 7.79. The van der Waals surface area contributed by atoms with E-state index < -0.39 is 0 Å². The smallest absolute Gasteiger partial charge is 0.203 e. The first-order chi connectivity index (χ1) is 11.3. The molecule has 1 aliphatic rings. The molecule has 1 atom stereocenters. The average molecular weight is 346 g/mol. The van der Waals surface area contributed by atoms with Crippen molar-refractivity contribution < 1.29 is 0 Å². The monoisotopic (exact) mass is 345 g/mol. The average Bonchev–Trinajstić information content (AvgIpc) is 3.22. The summed E-state index contributed by atoms with van der Waals surface area (Å²) < 4.78 is 2.05. The molecule has 0 spiro atoms.